The van der Waals surface area contributed by atoms with E-state index in [1.165, 1.54) is 6.33 Å². The Hall–Kier alpha value is -3.74. The van der Waals surface area contributed by atoms with Crippen LogP contribution in [0.25, 0.3) is 22.0 Å². The third-order valence-corrected chi connectivity index (χ3v) is 4.10. The van der Waals surface area contributed by atoms with Crippen LogP contribution in [0.4, 0.5) is 23.1 Å². The first-order valence-electron chi connectivity index (χ1n) is 8.11. The summed E-state index contributed by atoms with van der Waals surface area (Å²) in [6.45, 7) is 0. The van der Waals surface area contributed by atoms with E-state index in [0.29, 0.717) is 11.6 Å². The highest BCUT2D eigenvalue weighted by Gasteiger charge is 2.11. The summed E-state index contributed by atoms with van der Waals surface area (Å²) < 4.78 is 0. The van der Waals surface area contributed by atoms with Crippen LogP contribution in [0.3, 0.4) is 0 Å². The van der Waals surface area contributed by atoms with E-state index in [4.69, 9.17) is 5.73 Å². The Kier molecular flexibility index (Phi) is 4.03. The molecule has 0 aliphatic rings. The van der Waals surface area contributed by atoms with Gasteiger partial charge in [-0.15, -0.1) is 0 Å². The highest BCUT2D eigenvalue weighted by Crippen LogP contribution is 2.32. The van der Waals surface area contributed by atoms with Crippen LogP contribution < -0.4 is 16.4 Å². The first-order chi connectivity index (χ1) is 12.8. The standard InChI is InChI=1S/C19H17N7/c1-21-17-10-16(24-11-25-17)14-5-3-8-23-19(14)26-15-6-2-4-13-12(15)7-9-22-18(13)20/h2-11H,1H3,(H2,20,22)(H,23,26)(H,21,24,25). The molecule has 7 heteroatoms. The summed E-state index contributed by atoms with van der Waals surface area (Å²) in [7, 11) is 1.82. The lowest BCUT2D eigenvalue weighted by atomic mass is 10.1. The molecule has 4 rings (SSSR count). The molecule has 0 unspecified atom stereocenters. The second-order valence-corrected chi connectivity index (χ2v) is 5.66. The maximum absolute atomic E-state index is 5.99. The van der Waals surface area contributed by atoms with Crippen LogP contribution in [-0.4, -0.2) is 27.0 Å². The number of benzene rings is 1. The normalized spacial score (nSPS) is 10.7. The molecule has 0 aliphatic heterocycles. The minimum Gasteiger partial charge on any atom is -0.383 e. The molecular formula is C19H17N7. The molecule has 0 bridgehead atoms. The summed E-state index contributed by atoms with van der Waals surface area (Å²) in [4.78, 5) is 17.2. The Morgan fingerprint density at radius 2 is 1.81 bits per heavy atom. The molecule has 0 saturated carbocycles. The fourth-order valence-corrected chi connectivity index (χ4v) is 2.82. The summed E-state index contributed by atoms with van der Waals surface area (Å²) in [6, 6.07) is 13.5. The highest BCUT2D eigenvalue weighted by atomic mass is 15.0. The Labute approximate surface area is 150 Å². The molecule has 3 heterocycles. The van der Waals surface area contributed by atoms with Crippen molar-refractivity contribution in [1.29, 1.82) is 0 Å². The Bertz CT molecular complexity index is 1080. The van der Waals surface area contributed by atoms with Crippen molar-refractivity contribution >= 4 is 33.9 Å². The van der Waals surface area contributed by atoms with E-state index in [1.54, 1.807) is 12.4 Å². The van der Waals surface area contributed by atoms with Gasteiger partial charge in [-0.1, -0.05) is 12.1 Å². The number of hydrogen-bond donors (Lipinski definition) is 3. The van der Waals surface area contributed by atoms with Gasteiger partial charge in [0.25, 0.3) is 0 Å². The summed E-state index contributed by atoms with van der Waals surface area (Å²) in [5, 5.41) is 8.31. The predicted octanol–water partition coefficient (Wildman–Crippen LogP) is 3.45. The minimum absolute atomic E-state index is 0.502. The van der Waals surface area contributed by atoms with Crippen molar-refractivity contribution in [1.82, 2.24) is 19.9 Å². The van der Waals surface area contributed by atoms with E-state index in [0.717, 1.165) is 33.5 Å². The molecule has 3 aromatic heterocycles. The van der Waals surface area contributed by atoms with Gasteiger partial charge < -0.3 is 16.4 Å². The van der Waals surface area contributed by atoms with Gasteiger partial charge in [0, 0.05) is 47.5 Å². The van der Waals surface area contributed by atoms with Crippen LogP contribution >= 0.6 is 0 Å². The van der Waals surface area contributed by atoms with Crippen molar-refractivity contribution in [2.45, 2.75) is 0 Å². The van der Waals surface area contributed by atoms with Crippen LogP contribution in [0.2, 0.25) is 0 Å². The van der Waals surface area contributed by atoms with Gasteiger partial charge in [-0.2, -0.15) is 0 Å². The number of pyridine rings is 2. The summed E-state index contributed by atoms with van der Waals surface area (Å²) >= 11 is 0. The first kappa shape index (κ1) is 15.8. The van der Waals surface area contributed by atoms with Gasteiger partial charge in [-0.25, -0.2) is 19.9 Å². The lowest BCUT2D eigenvalue weighted by Gasteiger charge is -2.13. The second kappa shape index (κ2) is 6.64. The molecule has 26 heavy (non-hydrogen) atoms. The molecule has 0 atom stereocenters. The minimum atomic E-state index is 0.502. The van der Waals surface area contributed by atoms with E-state index < -0.39 is 0 Å². The maximum atomic E-state index is 5.99. The molecule has 4 N–H and O–H groups in total. The third kappa shape index (κ3) is 2.86. The Balaban J connectivity index is 1.80. The van der Waals surface area contributed by atoms with Crippen molar-refractivity contribution in [3.8, 4) is 11.3 Å². The maximum Gasteiger partial charge on any atom is 0.139 e. The van der Waals surface area contributed by atoms with E-state index in [9.17, 15) is 0 Å². The van der Waals surface area contributed by atoms with E-state index in [2.05, 4.69) is 30.6 Å². The highest BCUT2D eigenvalue weighted by molar-refractivity contribution is 6.00. The molecule has 0 fully saturated rings. The topological polar surface area (TPSA) is 102 Å². The number of rotatable bonds is 4. The SMILES string of the molecule is CNc1cc(-c2cccnc2Nc2cccc3c(N)nccc23)ncn1. The first-order valence-corrected chi connectivity index (χ1v) is 8.11. The molecule has 0 aliphatic carbocycles. The summed E-state index contributed by atoms with van der Waals surface area (Å²) in [5.74, 6) is 1.95. The van der Waals surface area contributed by atoms with Gasteiger partial charge in [0.05, 0.1) is 5.69 Å². The van der Waals surface area contributed by atoms with Gasteiger partial charge in [0.15, 0.2) is 0 Å². The Morgan fingerprint density at radius 3 is 2.69 bits per heavy atom. The molecule has 128 valence electrons. The molecule has 0 amide bonds. The number of aromatic nitrogens is 4. The predicted molar refractivity (Wildman–Crippen MR) is 104 cm³/mol. The Morgan fingerprint density at radius 1 is 0.885 bits per heavy atom. The number of nitrogens with two attached hydrogens (primary N) is 1. The van der Waals surface area contributed by atoms with Crippen molar-refractivity contribution in [3.63, 3.8) is 0 Å². The van der Waals surface area contributed by atoms with E-state index >= 15 is 0 Å². The monoisotopic (exact) mass is 343 g/mol. The largest absolute Gasteiger partial charge is 0.383 e. The molecule has 0 saturated heterocycles. The van der Waals surface area contributed by atoms with Crippen LogP contribution in [0.15, 0.2) is 61.2 Å². The summed E-state index contributed by atoms with van der Waals surface area (Å²) in [6.07, 6.45) is 4.97. The van der Waals surface area contributed by atoms with E-state index in [-0.39, 0.29) is 0 Å². The summed E-state index contributed by atoms with van der Waals surface area (Å²) in [5.41, 5.74) is 8.55. The van der Waals surface area contributed by atoms with Crippen molar-refractivity contribution < 1.29 is 0 Å². The fourth-order valence-electron chi connectivity index (χ4n) is 2.82. The average Bonchev–Trinajstić information content (AvgIpc) is 2.69. The van der Waals surface area contributed by atoms with Crippen LogP contribution in [-0.2, 0) is 0 Å². The van der Waals surface area contributed by atoms with Crippen molar-refractivity contribution in [3.05, 3.63) is 61.2 Å². The van der Waals surface area contributed by atoms with Gasteiger partial charge >= 0.3 is 0 Å². The number of fused-ring (bicyclic) bond motifs is 1. The molecule has 0 spiro atoms. The molecular weight excluding hydrogens is 326 g/mol. The lowest BCUT2D eigenvalue weighted by molar-refractivity contribution is 1.16. The number of nitrogens with zero attached hydrogens (tertiary/aromatic N) is 4. The van der Waals surface area contributed by atoms with Crippen LogP contribution in [0.5, 0.6) is 0 Å². The van der Waals surface area contributed by atoms with Crippen LogP contribution in [0, 0.1) is 0 Å². The number of anilines is 4. The fraction of sp³-hybridized carbons (Fsp3) is 0.0526. The lowest BCUT2D eigenvalue weighted by Crippen LogP contribution is -2.00. The van der Waals surface area contributed by atoms with Crippen molar-refractivity contribution in [2.75, 3.05) is 23.4 Å². The average molecular weight is 343 g/mol. The third-order valence-electron chi connectivity index (χ3n) is 4.10. The number of nitrogen functional groups attached to an aromatic ring is 1. The zero-order valence-corrected chi connectivity index (χ0v) is 14.1. The molecule has 7 nitrogen and oxygen atoms in total. The molecule has 0 radical (unpaired) electrons. The number of nitrogens with one attached hydrogen (secondary N) is 2. The van der Waals surface area contributed by atoms with Gasteiger partial charge in [-0.3, -0.25) is 0 Å². The molecule has 4 aromatic rings. The van der Waals surface area contributed by atoms with Gasteiger partial charge in [-0.05, 0) is 24.3 Å². The second-order valence-electron chi connectivity index (χ2n) is 5.66. The van der Waals surface area contributed by atoms with Gasteiger partial charge in [0.1, 0.15) is 23.8 Å². The van der Waals surface area contributed by atoms with Crippen molar-refractivity contribution in [2.24, 2.45) is 0 Å². The van der Waals surface area contributed by atoms with Crippen LogP contribution in [0.1, 0.15) is 0 Å². The van der Waals surface area contributed by atoms with E-state index in [1.807, 2.05) is 49.5 Å². The quantitative estimate of drug-likeness (QED) is 0.521. The smallest absolute Gasteiger partial charge is 0.139 e. The van der Waals surface area contributed by atoms with Gasteiger partial charge in [0.2, 0.25) is 0 Å². The zero-order valence-electron chi connectivity index (χ0n) is 14.1. The zero-order chi connectivity index (χ0) is 17.9. The molecule has 1 aromatic carbocycles. The number of hydrogen-bond acceptors (Lipinski definition) is 7.